The van der Waals surface area contributed by atoms with E-state index in [4.69, 9.17) is 5.73 Å². The molecule has 2 atom stereocenters. The van der Waals surface area contributed by atoms with Crippen LogP contribution in [0, 0.1) is 11.8 Å². The van der Waals surface area contributed by atoms with Crippen LogP contribution >= 0.6 is 11.3 Å². The SMILES string of the molecule is CC1CCCC(C)C12NC(=O)N(Cc1nnc(N)s1)C2=O. The fraction of sp³-hybridized carbons (Fsp3) is 0.692. The number of anilines is 1. The van der Waals surface area contributed by atoms with Gasteiger partial charge in [0, 0.05) is 0 Å². The molecular formula is C13H19N5O2S. The molecule has 2 heterocycles. The standard InChI is InChI=1S/C13H19N5O2S/c1-7-4-3-5-8(2)13(7)10(19)18(12(20)15-13)6-9-16-17-11(14)21-9/h7-8H,3-6H2,1-2H3,(H2,14,17)(H,15,20). The molecule has 1 aromatic rings. The van der Waals surface area contributed by atoms with Crippen LogP contribution in [-0.4, -0.2) is 32.6 Å². The van der Waals surface area contributed by atoms with Crippen molar-refractivity contribution < 1.29 is 9.59 Å². The van der Waals surface area contributed by atoms with Crippen molar-refractivity contribution in [2.75, 3.05) is 5.73 Å². The molecule has 0 bridgehead atoms. The molecule has 1 spiro atoms. The smallest absolute Gasteiger partial charge is 0.325 e. The van der Waals surface area contributed by atoms with Crippen LogP contribution in [-0.2, 0) is 11.3 Å². The number of carbonyl (C=O) groups excluding carboxylic acids is 2. The van der Waals surface area contributed by atoms with Crippen molar-refractivity contribution in [3.05, 3.63) is 5.01 Å². The van der Waals surface area contributed by atoms with Crippen LogP contribution in [0.15, 0.2) is 0 Å². The van der Waals surface area contributed by atoms with Crippen LogP contribution < -0.4 is 11.1 Å². The average molecular weight is 309 g/mol. The summed E-state index contributed by atoms with van der Waals surface area (Å²) in [7, 11) is 0. The zero-order chi connectivity index (χ0) is 15.2. The number of nitrogens with zero attached hydrogens (tertiary/aromatic N) is 3. The highest BCUT2D eigenvalue weighted by Gasteiger charge is 2.58. The van der Waals surface area contributed by atoms with Gasteiger partial charge in [-0.25, -0.2) is 4.79 Å². The molecule has 0 aromatic carbocycles. The van der Waals surface area contributed by atoms with Crippen molar-refractivity contribution >= 4 is 28.4 Å². The molecule has 8 heteroatoms. The predicted octanol–water partition coefficient (Wildman–Crippen LogP) is 1.37. The minimum Gasteiger partial charge on any atom is -0.374 e. The highest BCUT2D eigenvalue weighted by molar-refractivity contribution is 7.15. The van der Waals surface area contributed by atoms with E-state index in [-0.39, 0.29) is 30.3 Å². The Morgan fingerprint density at radius 2 is 2.00 bits per heavy atom. The van der Waals surface area contributed by atoms with Crippen LogP contribution in [0.5, 0.6) is 0 Å². The Bertz CT molecular complexity index is 577. The Balaban J connectivity index is 1.87. The molecule has 1 saturated carbocycles. The van der Waals surface area contributed by atoms with Crippen LogP contribution in [0.3, 0.4) is 0 Å². The van der Waals surface area contributed by atoms with E-state index in [9.17, 15) is 9.59 Å². The predicted molar refractivity (Wildman–Crippen MR) is 78.3 cm³/mol. The van der Waals surface area contributed by atoms with Crippen LogP contribution in [0.25, 0.3) is 0 Å². The molecule has 1 aliphatic carbocycles. The molecule has 1 aliphatic heterocycles. The number of hydrogen-bond donors (Lipinski definition) is 2. The third-order valence-electron chi connectivity index (χ3n) is 4.76. The van der Waals surface area contributed by atoms with Crippen LogP contribution in [0.2, 0.25) is 0 Å². The molecular weight excluding hydrogens is 290 g/mol. The van der Waals surface area contributed by atoms with E-state index in [1.807, 2.05) is 13.8 Å². The molecule has 2 aliphatic rings. The normalized spacial score (nSPS) is 32.8. The van der Waals surface area contributed by atoms with Crippen molar-refractivity contribution in [3.63, 3.8) is 0 Å². The Morgan fingerprint density at radius 1 is 1.33 bits per heavy atom. The summed E-state index contributed by atoms with van der Waals surface area (Å²) in [6.07, 6.45) is 3.01. The van der Waals surface area contributed by atoms with Gasteiger partial charge in [0.1, 0.15) is 10.5 Å². The second-order valence-electron chi connectivity index (χ2n) is 5.96. The van der Waals surface area contributed by atoms with E-state index < -0.39 is 5.54 Å². The van der Waals surface area contributed by atoms with Gasteiger partial charge in [-0.2, -0.15) is 0 Å². The van der Waals surface area contributed by atoms with Crippen molar-refractivity contribution in [1.82, 2.24) is 20.4 Å². The summed E-state index contributed by atoms with van der Waals surface area (Å²) in [6.45, 7) is 4.22. The molecule has 21 heavy (non-hydrogen) atoms. The topological polar surface area (TPSA) is 101 Å². The quantitative estimate of drug-likeness (QED) is 0.803. The van der Waals surface area contributed by atoms with Gasteiger partial charge in [0.2, 0.25) is 5.13 Å². The molecule has 2 fully saturated rings. The second-order valence-corrected chi connectivity index (χ2v) is 7.05. The van der Waals surface area contributed by atoms with Gasteiger partial charge in [-0.15, -0.1) is 10.2 Å². The maximum absolute atomic E-state index is 12.9. The Morgan fingerprint density at radius 3 is 2.57 bits per heavy atom. The summed E-state index contributed by atoms with van der Waals surface area (Å²) >= 11 is 1.20. The summed E-state index contributed by atoms with van der Waals surface area (Å²) in [5.74, 6) is 0.144. The van der Waals surface area contributed by atoms with E-state index in [2.05, 4.69) is 15.5 Å². The molecule has 1 saturated heterocycles. The maximum atomic E-state index is 12.9. The number of imide groups is 1. The molecule has 0 radical (unpaired) electrons. The van der Waals surface area contributed by atoms with Crippen molar-refractivity contribution in [3.8, 4) is 0 Å². The minimum absolute atomic E-state index is 0.138. The van der Waals surface area contributed by atoms with Crippen molar-refractivity contribution in [2.24, 2.45) is 11.8 Å². The van der Waals surface area contributed by atoms with E-state index in [1.54, 1.807) is 0 Å². The number of aromatic nitrogens is 2. The van der Waals surface area contributed by atoms with Crippen molar-refractivity contribution in [1.29, 1.82) is 0 Å². The first kappa shape index (κ1) is 14.2. The van der Waals surface area contributed by atoms with Crippen LogP contribution in [0.4, 0.5) is 9.93 Å². The average Bonchev–Trinajstić information content (AvgIpc) is 2.94. The molecule has 2 unspecified atom stereocenters. The van der Waals surface area contributed by atoms with E-state index in [0.717, 1.165) is 19.3 Å². The van der Waals surface area contributed by atoms with Gasteiger partial charge in [-0.3, -0.25) is 9.69 Å². The molecule has 1 aromatic heterocycles. The zero-order valence-corrected chi connectivity index (χ0v) is 12.9. The molecule has 3 rings (SSSR count). The maximum Gasteiger partial charge on any atom is 0.325 e. The zero-order valence-electron chi connectivity index (χ0n) is 12.1. The van der Waals surface area contributed by atoms with Gasteiger partial charge in [-0.1, -0.05) is 31.6 Å². The first-order valence-electron chi connectivity index (χ1n) is 7.17. The molecule has 3 amide bonds. The van der Waals surface area contributed by atoms with E-state index in [1.165, 1.54) is 16.2 Å². The lowest BCUT2D eigenvalue weighted by Gasteiger charge is -2.42. The van der Waals surface area contributed by atoms with E-state index >= 15 is 0 Å². The van der Waals surface area contributed by atoms with Gasteiger partial charge in [0.25, 0.3) is 5.91 Å². The summed E-state index contributed by atoms with van der Waals surface area (Å²) in [6, 6.07) is -0.339. The van der Waals surface area contributed by atoms with Gasteiger partial charge < -0.3 is 11.1 Å². The Kier molecular flexibility index (Phi) is 3.35. The largest absolute Gasteiger partial charge is 0.374 e. The number of rotatable bonds is 2. The minimum atomic E-state index is -0.758. The third kappa shape index (κ3) is 2.08. The summed E-state index contributed by atoms with van der Waals surface area (Å²) < 4.78 is 0. The summed E-state index contributed by atoms with van der Waals surface area (Å²) in [4.78, 5) is 26.4. The lowest BCUT2D eigenvalue weighted by atomic mass is 9.67. The number of nitrogens with two attached hydrogens (primary N) is 1. The monoisotopic (exact) mass is 309 g/mol. The fourth-order valence-corrected chi connectivity index (χ4v) is 4.16. The first-order valence-corrected chi connectivity index (χ1v) is 7.98. The number of nitrogens with one attached hydrogen (secondary N) is 1. The third-order valence-corrected chi connectivity index (χ3v) is 5.50. The highest BCUT2D eigenvalue weighted by atomic mass is 32.1. The summed E-state index contributed by atoms with van der Waals surface area (Å²) in [5.41, 5.74) is 4.79. The fourth-order valence-electron chi connectivity index (χ4n) is 3.56. The summed E-state index contributed by atoms with van der Waals surface area (Å²) in [5, 5.41) is 11.5. The van der Waals surface area contributed by atoms with Crippen LogP contribution in [0.1, 0.15) is 38.1 Å². The lowest BCUT2D eigenvalue weighted by molar-refractivity contribution is -0.136. The second kappa shape index (κ2) is 4.94. The first-order chi connectivity index (χ1) is 9.95. The Labute approximate surface area is 126 Å². The highest BCUT2D eigenvalue weighted by Crippen LogP contribution is 2.42. The number of nitrogen functional groups attached to an aromatic ring is 1. The number of urea groups is 1. The molecule has 114 valence electrons. The molecule has 3 N–H and O–H groups in total. The molecule has 7 nitrogen and oxygen atoms in total. The van der Waals surface area contributed by atoms with Gasteiger partial charge >= 0.3 is 6.03 Å². The van der Waals surface area contributed by atoms with E-state index in [0.29, 0.717) is 10.1 Å². The number of hydrogen-bond acceptors (Lipinski definition) is 6. The number of amides is 3. The lowest BCUT2D eigenvalue weighted by Crippen LogP contribution is -2.58. The van der Waals surface area contributed by atoms with Gasteiger partial charge in [0.05, 0.1) is 6.54 Å². The Hall–Kier alpha value is -1.70. The van der Waals surface area contributed by atoms with Gasteiger partial charge in [-0.05, 0) is 24.7 Å². The van der Waals surface area contributed by atoms with Crippen molar-refractivity contribution in [2.45, 2.75) is 45.2 Å². The number of carbonyl (C=O) groups is 2. The van der Waals surface area contributed by atoms with Gasteiger partial charge in [0.15, 0.2) is 0 Å².